The van der Waals surface area contributed by atoms with E-state index in [1.807, 2.05) is 0 Å². The summed E-state index contributed by atoms with van der Waals surface area (Å²) in [5.41, 5.74) is 0.326. The fourth-order valence-electron chi connectivity index (χ4n) is 3.22. The highest BCUT2D eigenvalue weighted by atomic mass is 19.4. The predicted molar refractivity (Wildman–Crippen MR) is 91.2 cm³/mol. The molecule has 0 amide bonds. The van der Waals surface area contributed by atoms with E-state index in [2.05, 4.69) is 10.4 Å². The van der Waals surface area contributed by atoms with E-state index in [1.54, 1.807) is 0 Å². The Balaban J connectivity index is 1.79. The standard InChI is InChI=1S/C19H13F6N3/c20-18(21,22)12-6-4-11(5-7-12)16-15-8-9-26-17(15)28(27-16)14-3-1-2-13(10-14)19(23,24)25/h1-7,10,26H,8-9H2. The van der Waals surface area contributed by atoms with E-state index >= 15 is 0 Å². The van der Waals surface area contributed by atoms with Crippen LogP contribution in [-0.4, -0.2) is 16.3 Å². The van der Waals surface area contributed by atoms with Crippen molar-refractivity contribution in [2.24, 2.45) is 0 Å². The van der Waals surface area contributed by atoms with Crippen LogP contribution in [0.4, 0.5) is 32.2 Å². The van der Waals surface area contributed by atoms with Crippen molar-refractivity contribution in [1.29, 1.82) is 0 Å². The molecule has 0 atom stereocenters. The van der Waals surface area contributed by atoms with Gasteiger partial charge in [-0.3, -0.25) is 0 Å². The van der Waals surface area contributed by atoms with Crippen molar-refractivity contribution in [3.05, 3.63) is 65.2 Å². The van der Waals surface area contributed by atoms with Crippen molar-refractivity contribution in [1.82, 2.24) is 9.78 Å². The zero-order chi connectivity index (χ0) is 20.1. The lowest BCUT2D eigenvalue weighted by atomic mass is 10.0. The van der Waals surface area contributed by atoms with Gasteiger partial charge in [-0.15, -0.1) is 0 Å². The monoisotopic (exact) mass is 397 g/mol. The average Bonchev–Trinajstić information content (AvgIpc) is 3.23. The third kappa shape index (κ3) is 3.21. The summed E-state index contributed by atoms with van der Waals surface area (Å²) in [7, 11) is 0. The first-order chi connectivity index (χ1) is 13.1. The second kappa shape index (κ2) is 6.29. The lowest BCUT2D eigenvalue weighted by molar-refractivity contribution is -0.138. The van der Waals surface area contributed by atoms with Gasteiger partial charge < -0.3 is 5.32 Å². The van der Waals surface area contributed by atoms with Crippen molar-refractivity contribution < 1.29 is 26.3 Å². The van der Waals surface area contributed by atoms with E-state index in [4.69, 9.17) is 0 Å². The number of benzene rings is 2. The normalized spacial score (nSPS) is 14.1. The van der Waals surface area contributed by atoms with Crippen LogP contribution >= 0.6 is 0 Å². The van der Waals surface area contributed by atoms with Gasteiger partial charge in [-0.1, -0.05) is 18.2 Å². The summed E-state index contributed by atoms with van der Waals surface area (Å²) in [6, 6.07) is 9.32. The number of rotatable bonds is 2. The Morgan fingerprint density at radius 2 is 1.54 bits per heavy atom. The Morgan fingerprint density at radius 1 is 0.857 bits per heavy atom. The molecule has 3 aromatic rings. The van der Waals surface area contributed by atoms with Crippen LogP contribution in [-0.2, 0) is 18.8 Å². The van der Waals surface area contributed by atoms with E-state index in [1.165, 1.54) is 28.9 Å². The zero-order valence-electron chi connectivity index (χ0n) is 14.2. The fourth-order valence-corrected chi connectivity index (χ4v) is 3.22. The Labute approximate surface area is 155 Å². The topological polar surface area (TPSA) is 29.9 Å². The molecule has 0 unspecified atom stereocenters. The van der Waals surface area contributed by atoms with Crippen LogP contribution in [0.3, 0.4) is 0 Å². The number of halogens is 6. The molecule has 1 aliphatic heterocycles. The molecule has 0 aliphatic carbocycles. The van der Waals surface area contributed by atoms with Gasteiger partial charge in [0.25, 0.3) is 0 Å². The Hall–Kier alpha value is -2.97. The lowest BCUT2D eigenvalue weighted by Crippen LogP contribution is -2.08. The first-order valence-electron chi connectivity index (χ1n) is 8.35. The quantitative estimate of drug-likeness (QED) is 0.575. The third-order valence-electron chi connectivity index (χ3n) is 4.55. The average molecular weight is 397 g/mol. The summed E-state index contributed by atoms with van der Waals surface area (Å²) in [6.07, 6.45) is -8.36. The number of nitrogens with zero attached hydrogens (tertiary/aromatic N) is 2. The van der Waals surface area contributed by atoms with Gasteiger partial charge in [0.05, 0.1) is 22.5 Å². The third-order valence-corrected chi connectivity index (χ3v) is 4.55. The first-order valence-corrected chi connectivity index (χ1v) is 8.35. The summed E-state index contributed by atoms with van der Waals surface area (Å²) in [6.45, 7) is 0.569. The molecule has 0 saturated carbocycles. The van der Waals surface area contributed by atoms with Gasteiger partial charge in [-0.25, -0.2) is 4.68 Å². The zero-order valence-corrected chi connectivity index (χ0v) is 14.2. The molecule has 4 rings (SSSR count). The number of aromatic nitrogens is 2. The SMILES string of the molecule is FC(F)(F)c1ccc(-c2nn(-c3cccc(C(F)(F)F)c3)c3c2CCN3)cc1. The van der Waals surface area contributed by atoms with E-state index in [0.29, 0.717) is 30.0 Å². The van der Waals surface area contributed by atoms with Gasteiger partial charge in [0.2, 0.25) is 0 Å². The van der Waals surface area contributed by atoms with Crippen LogP contribution in [0.5, 0.6) is 0 Å². The van der Waals surface area contributed by atoms with Crippen LogP contribution < -0.4 is 5.32 Å². The molecular formula is C19H13F6N3. The van der Waals surface area contributed by atoms with Crippen molar-refractivity contribution in [2.75, 3.05) is 11.9 Å². The molecule has 1 aliphatic rings. The maximum atomic E-state index is 13.0. The molecule has 3 nitrogen and oxygen atoms in total. The van der Waals surface area contributed by atoms with Gasteiger partial charge in [-0.2, -0.15) is 31.4 Å². The minimum absolute atomic E-state index is 0.221. The maximum Gasteiger partial charge on any atom is 0.416 e. The predicted octanol–water partition coefficient (Wildman–Crippen LogP) is 5.54. The van der Waals surface area contributed by atoms with Crippen molar-refractivity contribution in [3.8, 4) is 16.9 Å². The number of hydrogen-bond acceptors (Lipinski definition) is 2. The van der Waals surface area contributed by atoms with Crippen LogP contribution in [0, 0.1) is 0 Å². The molecule has 146 valence electrons. The van der Waals surface area contributed by atoms with Crippen LogP contribution in [0.2, 0.25) is 0 Å². The largest absolute Gasteiger partial charge is 0.416 e. The smallest absolute Gasteiger partial charge is 0.369 e. The van der Waals surface area contributed by atoms with Crippen LogP contribution in [0.15, 0.2) is 48.5 Å². The fraction of sp³-hybridized carbons (Fsp3) is 0.211. The second-order valence-electron chi connectivity index (χ2n) is 6.39. The van der Waals surface area contributed by atoms with E-state index in [9.17, 15) is 26.3 Å². The molecule has 0 spiro atoms. The lowest BCUT2D eigenvalue weighted by Gasteiger charge is -2.10. The highest BCUT2D eigenvalue weighted by molar-refractivity contribution is 5.73. The van der Waals surface area contributed by atoms with Crippen LogP contribution in [0.25, 0.3) is 16.9 Å². The summed E-state index contributed by atoms with van der Waals surface area (Å²) in [5, 5.41) is 7.48. The highest BCUT2D eigenvalue weighted by Crippen LogP contribution is 2.37. The van der Waals surface area contributed by atoms with Crippen molar-refractivity contribution in [3.63, 3.8) is 0 Å². The molecule has 0 saturated heterocycles. The molecule has 1 N–H and O–H groups in total. The summed E-state index contributed by atoms with van der Waals surface area (Å²) in [5.74, 6) is 0.550. The van der Waals surface area contributed by atoms with E-state index < -0.39 is 23.5 Å². The Kier molecular flexibility index (Phi) is 4.13. The van der Waals surface area contributed by atoms with Crippen molar-refractivity contribution in [2.45, 2.75) is 18.8 Å². The van der Waals surface area contributed by atoms with Gasteiger partial charge in [0.15, 0.2) is 0 Å². The minimum atomic E-state index is -4.49. The summed E-state index contributed by atoms with van der Waals surface area (Å²) >= 11 is 0. The molecule has 9 heteroatoms. The number of nitrogens with one attached hydrogen (secondary N) is 1. The number of alkyl halides is 6. The molecule has 2 aromatic carbocycles. The molecule has 0 bridgehead atoms. The minimum Gasteiger partial charge on any atom is -0.369 e. The highest BCUT2D eigenvalue weighted by Gasteiger charge is 2.32. The van der Waals surface area contributed by atoms with E-state index in [-0.39, 0.29) is 5.69 Å². The van der Waals surface area contributed by atoms with Gasteiger partial charge in [0.1, 0.15) is 5.82 Å². The van der Waals surface area contributed by atoms with Gasteiger partial charge in [-0.05, 0) is 36.8 Å². The van der Waals surface area contributed by atoms with E-state index in [0.717, 1.165) is 29.8 Å². The molecule has 0 fully saturated rings. The molecule has 28 heavy (non-hydrogen) atoms. The Morgan fingerprint density at radius 3 is 2.18 bits per heavy atom. The summed E-state index contributed by atoms with van der Waals surface area (Å²) in [4.78, 5) is 0. The Bertz CT molecular complexity index is 1020. The van der Waals surface area contributed by atoms with Crippen molar-refractivity contribution >= 4 is 5.82 Å². The summed E-state index contributed by atoms with van der Waals surface area (Å²) < 4.78 is 78.8. The molecular weight excluding hydrogens is 384 g/mol. The second-order valence-corrected chi connectivity index (χ2v) is 6.39. The molecule has 1 aromatic heterocycles. The number of hydrogen-bond donors (Lipinski definition) is 1. The van der Waals surface area contributed by atoms with Gasteiger partial charge in [0, 0.05) is 17.7 Å². The molecule has 2 heterocycles. The number of fused-ring (bicyclic) bond motifs is 1. The first kappa shape index (κ1) is 18.4. The number of anilines is 1. The molecule has 0 radical (unpaired) electrons. The van der Waals surface area contributed by atoms with Gasteiger partial charge >= 0.3 is 12.4 Å². The maximum absolute atomic E-state index is 13.0. The van der Waals surface area contributed by atoms with Crippen LogP contribution in [0.1, 0.15) is 16.7 Å².